The monoisotopic (exact) mass is 201 g/mol. The molecule has 0 aromatic heterocycles. The Morgan fingerprint density at radius 1 is 1.64 bits per heavy atom. The van der Waals surface area contributed by atoms with Crippen molar-refractivity contribution in [1.29, 1.82) is 0 Å². The van der Waals surface area contributed by atoms with Gasteiger partial charge in [0.2, 0.25) is 0 Å². The predicted octanol–water partition coefficient (Wildman–Crippen LogP) is 0.866. The molecule has 1 fully saturated rings. The molecule has 0 aromatic carbocycles. The molecular weight excluding hydrogens is 182 g/mol. The minimum Gasteiger partial charge on any atom is -0.480 e. The molecule has 0 amide bonds. The molecule has 1 saturated carbocycles. The lowest BCUT2D eigenvalue weighted by Gasteiger charge is -2.12. The van der Waals surface area contributed by atoms with Crippen LogP contribution in [0.5, 0.6) is 0 Å². The van der Waals surface area contributed by atoms with Crippen LogP contribution in [0.4, 0.5) is 0 Å². The van der Waals surface area contributed by atoms with Crippen LogP contribution in [0.3, 0.4) is 0 Å². The third-order valence-corrected chi connectivity index (χ3v) is 2.39. The lowest BCUT2D eigenvalue weighted by Crippen LogP contribution is -2.39. The van der Waals surface area contributed by atoms with E-state index >= 15 is 0 Å². The SMILES string of the molecule is CCOCCCNC(C(=O)O)C1CC1. The highest BCUT2D eigenvalue weighted by atomic mass is 16.5. The molecule has 0 radical (unpaired) electrons. The van der Waals surface area contributed by atoms with Gasteiger partial charge in [0.1, 0.15) is 6.04 Å². The van der Waals surface area contributed by atoms with E-state index in [0.717, 1.165) is 32.4 Å². The number of carbonyl (C=O) groups is 1. The van der Waals surface area contributed by atoms with E-state index < -0.39 is 5.97 Å². The Kier molecular flexibility index (Phi) is 4.90. The van der Waals surface area contributed by atoms with Crippen molar-refractivity contribution < 1.29 is 14.6 Å². The maximum atomic E-state index is 10.8. The number of aliphatic carboxylic acids is 1. The summed E-state index contributed by atoms with van der Waals surface area (Å²) in [6.07, 6.45) is 2.98. The largest absolute Gasteiger partial charge is 0.480 e. The van der Waals surface area contributed by atoms with Gasteiger partial charge in [-0.25, -0.2) is 0 Å². The molecule has 0 bridgehead atoms. The van der Waals surface area contributed by atoms with Crippen LogP contribution in [0.2, 0.25) is 0 Å². The molecule has 0 heterocycles. The smallest absolute Gasteiger partial charge is 0.320 e. The Morgan fingerprint density at radius 2 is 2.36 bits per heavy atom. The van der Waals surface area contributed by atoms with Crippen LogP contribution in [0.1, 0.15) is 26.2 Å². The summed E-state index contributed by atoms with van der Waals surface area (Å²) in [6, 6.07) is -0.336. The van der Waals surface area contributed by atoms with E-state index in [4.69, 9.17) is 9.84 Å². The molecule has 4 heteroatoms. The van der Waals surface area contributed by atoms with Crippen molar-refractivity contribution in [3.63, 3.8) is 0 Å². The zero-order valence-corrected chi connectivity index (χ0v) is 8.66. The molecule has 4 nitrogen and oxygen atoms in total. The highest BCUT2D eigenvalue weighted by Gasteiger charge is 2.35. The fourth-order valence-electron chi connectivity index (χ4n) is 1.46. The molecule has 0 spiro atoms. The minimum atomic E-state index is -0.719. The van der Waals surface area contributed by atoms with Gasteiger partial charge in [-0.2, -0.15) is 0 Å². The third kappa shape index (κ3) is 4.07. The van der Waals surface area contributed by atoms with Gasteiger partial charge >= 0.3 is 5.97 Å². The van der Waals surface area contributed by atoms with E-state index in [0.29, 0.717) is 12.5 Å². The summed E-state index contributed by atoms with van der Waals surface area (Å²) in [5.74, 6) is -0.358. The van der Waals surface area contributed by atoms with E-state index in [-0.39, 0.29) is 6.04 Å². The second kappa shape index (κ2) is 5.98. The van der Waals surface area contributed by atoms with Crippen LogP contribution in [-0.2, 0) is 9.53 Å². The standard InChI is InChI=1S/C10H19NO3/c1-2-14-7-3-6-11-9(10(12)13)8-4-5-8/h8-9,11H,2-7H2,1H3,(H,12,13). The summed E-state index contributed by atoms with van der Waals surface area (Å²) in [5.41, 5.74) is 0. The summed E-state index contributed by atoms with van der Waals surface area (Å²) in [7, 11) is 0. The molecule has 2 N–H and O–H groups in total. The third-order valence-electron chi connectivity index (χ3n) is 2.39. The first-order chi connectivity index (χ1) is 6.75. The summed E-state index contributed by atoms with van der Waals surface area (Å²) in [4.78, 5) is 10.8. The van der Waals surface area contributed by atoms with Crippen molar-refractivity contribution in [3.05, 3.63) is 0 Å². The van der Waals surface area contributed by atoms with Gasteiger partial charge in [-0.15, -0.1) is 0 Å². The Balaban J connectivity index is 2.05. The number of nitrogens with one attached hydrogen (secondary N) is 1. The Morgan fingerprint density at radius 3 is 2.86 bits per heavy atom. The second-order valence-corrected chi connectivity index (χ2v) is 3.66. The summed E-state index contributed by atoms with van der Waals surface area (Å²) in [5, 5.41) is 12.0. The van der Waals surface area contributed by atoms with Crippen LogP contribution in [-0.4, -0.2) is 36.9 Å². The normalized spacial score (nSPS) is 18.1. The van der Waals surface area contributed by atoms with Gasteiger partial charge in [-0.3, -0.25) is 4.79 Å². The van der Waals surface area contributed by atoms with Crippen molar-refractivity contribution in [2.75, 3.05) is 19.8 Å². The van der Waals surface area contributed by atoms with E-state index in [9.17, 15) is 4.79 Å². The second-order valence-electron chi connectivity index (χ2n) is 3.66. The molecule has 1 rings (SSSR count). The first-order valence-corrected chi connectivity index (χ1v) is 5.29. The molecule has 0 saturated heterocycles. The molecule has 0 aliphatic heterocycles. The number of hydrogen-bond acceptors (Lipinski definition) is 3. The maximum absolute atomic E-state index is 10.8. The van der Waals surface area contributed by atoms with Gasteiger partial charge in [-0.05, 0) is 38.6 Å². The minimum absolute atomic E-state index is 0.336. The van der Waals surface area contributed by atoms with Gasteiger partial charge in [0.25, 0.3) is 0 Å². The number of ether oxygens (including phenoxy) is 1. The fourth-order valence-corrected chi connectivity index (χ4v) is 1.46. The lowest BCUT2D eigenvalue weighted by molar-refractivity contribution is -0.140. The van der Waals surface area contributed by atoms with Gasteiger partial charge in [0.15, 0.2) is 0 Å². The molecule has 82 valence electrons. The average molecular weight is 201 g/mol. The van der Waals surface area contributed by atoms with Crippen molar-refractivity contribution in [2.24, 2.45) is 5.92 Å². The summed E-state index contributed by atoms with van der Waals surface area (Å²) >= 11 is 0. The molecule has 0 aromatic rings. The first kappa shape index (κ1) is 11.5. The van der Waals surface area contributed by atoms with Crippen LogP contribution < -0.4 is 5.32 Å². The zero-order valence-electron chi connectivity index (χ0n) is 8.66. The van der Waals surface area contributed by atoms with Crippen LogP contribution >= 0.6 is 0 Å². The van der Waals surface area contributed by atoms with Crippen LogP contribution in [0.25, 0.3) is 0 Å². The number of hydrogen-bond donors (Lipinski definition) is 2. The number of carboxylic acid groups (broad SMARTS) is 1. The predicted molar refractivity (Wildman–Crippen MR) is 53.3 cm³/mol. The summed E-state index contributed by atoms with van der Waals surface area (Å²) < 4.78 is 5.16. The van der Waals surface area contributed by atoms with Crippen molar-refractivity contribution in [3.8, 4) is 0 Å². The quantitative estimate of drug-likeness (QED) is 0.572. The highest BCUT2D eigenvalue weighted by Crippen LogP contribution is 2.32. The van der Waals surface area contributed by atoms with Crippen molar-refractivity contribution in [1.82, 2.24) is 5.32 Å². The Hall–Kier alpha value is -0.610. The van der Waals surface area contributed by atoms with Gasteiger partial charge in [-0.1, -0.05) is 0 Å². The summed E-state index contributed by atoms with van der Waals surface area (Å²) in [6.45, 7) is 4.12. The van der Waals surface area contributed by atoms with E-state index in [1.165, 1.54) is 0 Å². The van der Waals surface area contributed by atoms with Crippen LogP contribution in [0, 0.1) is 5.92 Å². The fraction of sp³-hybridized carbons (Fsp3) is 0.900. The average Bonchev–Trinajstić information content (AvgIpc) is 2.94. The molecule has 1 unspecified atom stereocenters. The molecule has 14 heavy (non-hydrogen) atoms. The topological polar surface area (TPSA) is 58.6 Å². The zero-order chi connectivity index (χ0) is 10.4. The maximum Gasteiger partial charge on any atom is 0.320 e. The molecule has 1 aliphatic carbocycles. The Bertz CT molecular complexity index is 180. The Labute approximate surface area is 84.6 Å². The number of carboxylic acids is 1. The van der Waals surface area contributed by atoms with E-state index in [2.05, 4.69) is 5.32 Å². The lowest BCUT2D eigenvalue weighted by atomic mass is 10.2. The first-order valence-electron chi connectivity index (χ1n) is 5.29. The van der Waals surface area contributed by atoms with Crippen LogP contribution in [0.15, 0.2) is 0 Å². The molecule has 1 atom stereocenters. The van der Waals surface area contributed by atoms with Gasteiger partial charge in [0.05, 0.1) is 0 Å². The molecule has 1 aliphatic rings. The number of rotatable bonds is 8. The molecular formula is C10H19NO3. The van der Waals surface area contributed by atoms with E-state index in [1.807, 2.05) is 6.92 Å². The van der Waals surface area contributed by atoms with E-state index in [1.54, 1.807) is 0 Å². The highest BCUT2D eigenvalue weighted by molar-refractivity contribution is 5.74. The van der Waals surface area contributed by atoms with Crippen molar-refractivity contribution >= 4 is 5.97 Å². The van der Waals surface area contributed by atoms with Crippen molar-refractivity contribution in [2.45, 2.75) is 32.2 Å². The van der Waals surface area contributed by atoms with Gasteiger partial charge in [0, 0.05) is 13.2 Å². The van der Waals surface area contributed by atoms with Gasteiger partial charge < -0.3 is 15.2 Å².